The number of nitrogens with one attached hydrogen (secondary N) is 3. The maximum absolute atomic E-state index is 13.4. The zero-order chi connectivity index (χ0) is 28.5. The van der Waals surface area contributed by atoms with E-state index in [1.54, 1.807) is 78.3 Å². The van der Waals surface area contributed by atoms with Crippen molar-refractivity contribution in [3.63, 3.8) is 0 Å². The predicted molar refractivity (Wildman–Crippen MR) is 164 cm³/mol. The molecule has 1 heterocycles. The first-order valence-corrected chi connectivity index (χ1v) is 14.7. The average molecular weight is 612 g/mol. The molecule has 0 aliphatic heterocycles. The molecule has 4 aromatic rings. The van der Waals surface area contributed by atoms with Crippen molar-refractivity contribution in [3.05, 3.63) is 111 Å². The van der Waals surface area contributed by atoms with E-state index in [2.05, 4.69) is 20.9 Å². The Kier molecular flexibility index (Phi) is 10.4. The average Bonchev–Trinajstić information content (AvgIpc) is 3.47. The molecule has 3 amide bonds. The number of carbonyl (C=O) groups excluding carboxylic acids is 3. The van der Waals surface area contributed by atoms with Gasteiger partial charge in [-0.1, -0.05) is 66.5 Å². The van der Waals surface area contributed by atoms with Crippen LogP contribution in [0.15, 0.2) is 95.0 Å². The summed E-state index contributed by atoms with van der Waals surface area (Å²) in [6.45, 7) is 1.93. The molecule has 1 unspecified atom stereocenters. The van der Waals surface area contributed by atoms with E-state index in [1.165, 1.54) is 29.2 Å². The summed E-state index contributed by atoms with van der Waals surface area (Å²) in [6, 6.07) is 20.7. The number of carbonyl (C=O) groups is 3. The highest BCUT2D eigenvalue weighted by Crippen LogP contribution is 2.30. The van der Waals surface area contributed by atoms with Gasteiger partial charge in [-0.25, -0.2) is 4.98 Å². The minimum absolute atomic E-state index is 0.0228. The lowest BCUT2D eigenvalue weighted by Gasteiger charge is -2.15. The molecular formula is C29H24Cl2N4O3S2. The number of amides is 3. The molecule has 0 aliphatic rings. The van der Waals surface area contributed by atoms with Gasteiger partial charge in [0, 0.05) is 27.7 Å². The van der Waals surface area contributed by atoms with Gasteiger partial charge in [0.1, 0.15) is 5.70 Å². The fourth-order valence-corrected chi connectivity index (χ4v) is 5.44. The van der Waals surface area contributed by atoms with Gasteiger partial charge in [-0.3, -0.25) is 14.4 Å². The van der Waals surface area contributed by atoms with E-state index in [1.807, 2.05) is 13.0 Å². The van der Waals surface area contributed by atoms with Crippen LogP contribution in [0.5, 0.6) is 0 Å². The number of aromatic nitrogens is 1. The van der Waals surface area contributed by atoms with E-state index in [0.717, 1.165) is 4.90 Å². The van der Waals surface area contributed by atoms with Crippen LogP contribution in [-0.4, -0.2) is 28.0 Å². The smallest absolute Gasteiger partial charge is 0.272 e. The van der Waals surface area contributed by atoms with Crippen LogP contribution >= 0.6 is 46.3 Å². The van der Waals surface area contributed by atoms with E-state index in [0.29, 0.717) is 33.4 Å². The quantitative estimate of drug-likeness (QED) is 0.128. The van der Waals surface area contributed by atoms with Crippen molar-refractivity contribution in [2.75, 3.05) is 10.6 Å². The van der Waals surface area contributed by atoms with Gasteiger partial charge in [-0.2, -0.15) is 0 Å². The monoisotopic (exact) mass is 610 g/mol. The van der Waals surface area contributed by atoms with Crippen molar-refractivity contribution in [2.24, 2.45) is 0 Å². The lowest BCUT2D eigenvalue weighted by atomic mass is 10.1. The van der Waals surface area contributed by atoms with Gasteiger partial charge in [-0.05, 0) is 54.5 Å². The minimum atomic E-state index is -0.559. The number of benzene rings is 3. The third kappa shape index (κ3) is 7.95. The van der Waals surface area contributed by atoms with Gasteiger partial charge in [0.05, 0.1) is 15.3 Å². The highest BCUT2D eigenvalue weighted by atomic mass is 35.5. The Morgan fingerprint density at radius 1 is 1.00 bits per heavy atom. The van der Waals surface area contributed by atoms with Gasteiger partial charge in [0.2, 0.25) is 5.91 Å². The van der Waals surface area contributed by atoms with Crippen molar-refractivity contribution in [2.45, 2.75) is 23.5 Å². The number of anilines is 2. The summed E-state index contributed by atoms with van der Waals surface area (Å²) >= 11 is 15.2. The zero-order valence-corrected chi connectivity index (χ0v) is 24.3. The molecule has 1 atom stereocenters. The van der Waals surface area contributed by atoms with Gasteiger partial charge in [-0.15, -0.1) is 23.1 Å². The summed E-state index contributed by atoms with van der Waals surface area (Å²) in [5.41, 5.74) is 1.32. The Balaban J connectivity index is 1.53. The maximum Gasteiger partial charge on any atom is 0.272 e. The summed E-state index contributed by atoms with van der Waals surface area (Å²) < 4.78 is 0. The van der Waals surface area contributed by atoms with Gasteiger partial charge >= 0.3 is 0 Å². The highest BCUT2D eigenvalue weighted by molar-refractivity contribution is 8.00. The lowest BCUT2D eigenvalue weighted by Crippen LogP contribution is -2.30. The fourth-order valence-electron chi connectivity index (χ4n) is 3.53. The number of hydrogen-bond acceptors (Lipinski definition) is 6. The molecule has 0 aliphatic carbocycles. The topological polar surface area (TPSA) is 100 Å². The van der Waals surface area contributed by atoms with Crippen LogP contribution in [0.25, 0.3) is 6.08 Å². The molecule has 4 rings (SSSR count). The van der Waals surface area contributed by atoms with Crippen LogP contribution in [0.3, 0.4) is 0 Å². The Hall–Kier alpha value is -3.63. The van der Waals surface area contributed by atoms with Crippen molar-refractivity contribution in [1.29, 1.82) is 0 Å². The second-order valence-electron chi connectivity index (χ2n) is 8.34. The molecule has 0 radical (unpaired) electrons. The first-order valence-electron chi connectivity index (χ1n) is 12.1. The van der Waals surface area contributed by atoms with E-state index < -0.39 is 11.8 Å². The van der Waals surface area contributed by atoms with Crippen LogP contribution in [0.1, 0.15) is 29.3 Å². The molecule has 1 aromatic heterocycles. The number of hydrogen-bond donors (Lipinski definition) is 3. The van der Waals surface area contributed by atoms with E-state index >= 15 is 0 Å². The fraction of sp³-hybridized carbons (Fsp3) is 0.103. The zero-order valence-electron chi connectivity index (χ0n) is 21.2. The molecule has 7 nitrogen and oxygen atoms in total. The van der Waals surface area contributed by atoms with Crippen molar-refractivity contribution in [3.8, 4) is 0 Å². The van der Waals surface area contributed by atoms with Crippen molar-refractivity contribution >= 4 is 80.9 Å². The van der Waals surface area contributed by atoms with E-state index in [-0.39, 0.29) is 21.9 Å². The minimum Gasteiger partial charge on any atom is -0.321 e. The van der Waals surface area contributed by atoms with Gasteiger partial charge in [0.25, 0.3) is 11.8 Å². The van der Waals surface area contributed by atoms with Crippen molar-refractivity contribution in [1.82, 2.24) is 10.3 Å². The SMILES string of the molecule is CCC(Sc1cccc(NC(=O)/C(=C\c2cccc(Cl)c2Cl)NC(=O)c2ccccc2)c1)C(=O)Nc1nccs1. The molecule has 0 fully saturated rings. The Morgan fingerprint density at radius 2 is 1.77 bits per heavy atom. The number of rotatable bonds is 10. The second kappa shape index (κ2) is 14.1. The van der Waals surface area contributed by atoms with Gasteiger partial charge < -0.3 is 16.0 Å². The van der Waals surface area contributed by atoms with Crippen LogP contribution in [0, 0.1) is 0 Å². The number of thiazole rings is 1. The number of thioether (sulfide) groups is 1. The van der Waals surface area contributed by atoms with Crippen LogP contribution < -0.4 is 16.0 Å². The Morgan fingerprint density at radius 3 is 2.50 bits per heavy atom. The third-order valence-electron chi connectivity index (χ3n) is 5.51. The van der Waals surface area contributed by atoms with Crippen LogP contribution in [0.2, 0.25) is 10.0 Å². The van der Waals surface area contributed by atoms with Crippen molar-refractivity contribution < 1.29 is 14.4 Å². The standard InChI is InChI=1S/C29H24Cl2N4O3S2/c1-2-24(28(38)35-29-32-14-15-39-29)40-21-12-7-11-20(17-21)33-27(37)23(16-19-10-6-13-22(30)25(19)31)34-26(36)18-8-4-3-5-9-18/h3-17,24H,2H2,1H3,(H,33,37)(H,34,36)(H,32,35,38)/b23-16+. The summed E-state index contributed by atoms with van der Waals surface area (Å²) in [7, 11) is 0. The molecule has 11 heteroatoms. The predicted octanol–water partition coefficient (Wildman–Crippen LogP) is 7.37. The molecule has 0 bridgehead atoms. The molecular weight excluding hydrogens is 587 g/mol. The van der Waals surface area contributed by atoms with E-state index in [4.69, 9.17) is 23.2 Å². The van der Waals surface area contributed by atoms with Crippen LogP contribution in [-0.2, 0) is 9.59 Å². The summed E-state index contributed by atoms with van der Waals surface area (Å²) in [4.78, 5) is 43.9. The molecule has 3 aromatic carbocycles. The largest absolute Gasteiger partial charge is 0.321 e. The molecule has 0 saturated heterocycles. The maximum atomic E-state index is 13.4. The molecule has 204 valence electrons. The lowest BCUT2D eigenvalue weighted by molar-refractivity contribution is -0.116. The Bertz CT molecular complexity index is 1530. The highest BCUT2D eigenvalue weighted by Gasteiger charge is 2.20. The Labute approximate surface area is 250 Å². The molecule has 40 heavy (non-hydrogen) atoms. The third-order valence-corrected chi connectivity index (χ3v) is 8.39. The summed E-state index contributed by atoms with van der Waals surface area (Å²) in [6.07, 6.45) is 3.70. The van der Waals surface area contributed by atoms with E-state index in [9.17, 15) is 14.4 Å². The molecule has 0 spiro atoms. The van der Waals surface area contributed by atoms with Gasteiger partial charge in [0.15, 0.2) is 5.13 Å². The second-order valence-corrected chi connectivity index (χ2v) is 11.3. The normalized spacial score (nSPS) is 11.9. The number of halogens is 2. The molecule has 3 N–H and O–H groups in total. The summed E-state index contributed by atoms with van der Waals surface area (Å²) in [5, 5.41) is 10.9. The first kappa shape index (κ1) is 29.4. The number of nitrogens with zero attached hydrogens (tertiary/aromatic N) is 1. The van der Waals surface area contributed by atoms with Crippen LogP contribution in [0.4, 0.5) is 10.8 Å². The first-order chi connectivity index (χ1) is 19.3. The summed E-state index contributed by atoms with van der Waals surface area (Å²) in [5.74, 6) is -1.17. The molecule has 0 saturated carbocycles.